The first kappa shape index (κ1) is 19.4. The summed E-state index contributed by atoms with van der Waals surface area (Å²) in [5.74, 6) is 0.175. The molecule has 0 amide bonds. The van der Waals surface area contributed by atoms with Crippen LogP contribution in [0.25, 0.3) is 0 Å². The Hall–Kier alpha value is -2.34. The molecule has 0 aliphatic heterocycles. The lowest BCUT2D eigenvalue weighted by molar-refractivity contribution is -0.117. The number of carbonyl (C=O) groups is 1. The summed E-state index contributed by atoms with van der Waals surface area (Å²) in [6.07, 6.45) is 8.21. The number of aromatic nitrogens is 4. The van der Waals surface area contributed by atoms with Gasteiger partial charge in [0.05, 0.1) is 12.1 Å². The molecule has 0 aliphatic carbocycles. The van der Waals surface area contributed by atoms with Crippen molar-refractivity contribution in [1.82, 2.24) is 19.7 Å². The van der Waals surface area contributed by atoms with Gasteiger partial charge < -0.3 is 0 Å². The normalized spacial score (nSPS) is 11.7. The Morgan fingerprint density at radius 3 is 2.56 bits per heavy atom. The lowest BCUT2D eigenvalue weighted by Gasteiger charge is -2.13. The van der Waals surface area contributed by atoms with Crippen molar-refractivity contribution in [3.63, 3.8) is 0 Å². The molecule has 0 fully saturated rings. The smallest absolute Gasteiger partial charge is 0.145 e. The number of hydrogen-bond donors (Lipinski definition) is 0. The summed E-state index contributed by atoms with van der Waals surface area (Å²) in [7, 11) is 1.90. The van der Waals surface area contributed by atoms with E-state index in [9.17, 15) is 4.79 Å². The van der Waals surface area contributed by atoms with Crippen molar-refractivity contribution in [2.24, 2.45) is 7.05 Å². The summed E-state index contributed by atoms with van der Waals surface area (Å²) in [6.45, 7) is 6.39. The highest BCUT2D eigenvalue weighted by Crippen LogP contribution is 2.22. The van der Waals surface area contributed by atoms with Crippen LogP contribution in [0.5, 0.6) is 0 Å². The van der Waals surface area contributed by atoms with Crippen molar-refractivity contribution in [3.05, 3.63) is 63.6 Å². The molecule has 0 bridgehead atoms. The first-order valence-corrected chi connectivity index (χ1v) is 10.0. The molecular weight excluding hydrogens is 356 g/mol. The largest absolute Gasteiger partial charge is 0.299 e. The van der Waals surface area contributed by atoms with Crippen LogP contribution in [-0.2, 0) is 42.9 Å². The highest BCUT2D eigenvalue weighted by Gasteiger charge is 2.20. The quantitative estimate of drug-likeness (QED) is 0.625. The van der Waals surface area contributed by atoms with Gasteiger partial charge in [0.15, 0.2) is 0 Å². The van der Waals surface area contributed by atoms with Gasteiger partial charge in [-0.3, -0.25) is 14.5 Å². The number of Topliss-reactive ketones (excluding diaryl/α,β-unsaturated/α-hetero) is 1. The number of carbonyl (C=O) groups excluding carboxylic acids is 1. The first-order chi connectivity index (χ1) is 12.8. The van der Waals surface area contributed by atoms with Crippen LogP contribution in [-0.4, -0.2) is 25.5 Å². The van der Waals surface area contributed by atoms with E-state index in [4.69, 9.17) is 0 Å². The number of ketones is 1. The molecule has 3 aromatic heterocycles. The van der Waals surface area contributed by atoms with E-state index in [1.54, 1.807) is 11.3 Å². The maximum Gasteiger partial charge on any atom is 0.145 e. The number of thiazole rings is 1. The fourth-order valence-corrected chi connectivity index (χ4v) is 3.78. The monoisotopic (exact) mass is 382 g/mol. The topological polar surface area (TPSA) is 60.7 Å². The van der Waals surface area contributed by atoms with Gasteiger partial charge in [0.2, 0.25) is 0 Å². The molecule has 0 N–H and O–H groups in total. The molecule has 0 aliphatic rings. The van der Waals surface area contributed by atoms with Gasteiger partial charge in [0, 0.05) is 48.0 Å². The van der Waals surface area contributed by atoms with E-state index in [0.717, 1.165) is 29.2 Å². The zero-order valence-electron chi connectivity index (χ0n) is 16.4. The van der Waals surface area contributed by atoms with E-state index in [1.807, 2.05) is 48.5 Å². The van der Waals surface area contributed by atoms with Gasteiger partial charge in [-0.2, -0.15) is 5.10 Å². The number of rotatable bonds is 7. The second-order valence-electron chi connectivity index (χ2n) is 7.86. The highest BCUT2D eigenvalue weighted by molar-refractivity contribution is 7.11. The molecule has 5 nitrogen and oxygen atoms in total. The van der Waals surface area contributed by atoms with Gasteiger partial charge >= 0.3 is 0 Å². The average molecular weight is 383 g/mol. The molecule has 0 spiro atoms. The maximum atomic E-state index is 12.5. The third-order valence-electron chi connectivity index (χ3n) is 4.48. The van der Waals surface area contributed by atoms with Gasteiger partial charge in [0.25, 0.3) is 0 Å². The minimum atomic E-state index is -0.0158. The molecule has 3 rings (SSSR count). The number of pyridine rings is 1. The Morgan fingerprint density at radius 2 is 1.89 bits per heavy atom. The number of nitrogens with zero attached hydrogens (tertiary/aromatic N) is 4. The van der Waals surface area contributed by atoms with Crippen LogP contribution in [0.15, 0.2) is 36.8 Å². The predicted molar refractivity (Wildman–Crippen MR) is 108 cm³/mol. The van der Waals surface area contributed by atoms with Crippen LogP contribution in [0.2, 0.25) is 0 Å². The van der Waals surface area contributed by atoms with Crippen molar-refractivity contribution in [2.45, 2.75) is 51.9 Å². The predicted octanol–water partition coefficient (Wildman–Crippen LogP) is 3.71. The third-order valence-corrected chi connectivity index (χ3v) is 5.54. The van der Waals surface area contributed by atoms with Crippen LogP contribution in [0.4, 0.5) is 0 Å². The third kappa shape index (κ3) is 5.32. The molecule has 6 heteroatoms. The minimum absolute atomic E-state index is 0.0158. The van der Waals surface area contributed by atoms with Crippen molar-refractivity contribution >= 4 is 17.1 Å². The fourth-order valence-electron chi connectivity index (χ4n) is 2.83. The minimum Gasteiger partial charge on any atom is -0.299 e. The molecule has 0 atom stereocenters. The van der Waals surface area contributed by atoms with Gasteiger partial charge in [-0.05, 0) is 36.6 Å². The van der Waals surface area contributed by atoms with Crippen LogP contribution in [0, 0.1) is 0 Å². The Bertz CT molecular complexity index is 906. The van der Waals surface area contributed by atoms with E-state index in [0.29, 0.717) is 12.8 Å². The summed E-state index contributed by atoms with van der Waals surface area (Å²) < 4.78 is 1.82. The van der Waals surface area contributed by atoms with Gasteiger partial charge in [0.1, 0.15) is 10.8 Å². The van der Waals surface area contributed by atoms with Gasteiger partial charge in [-0.1, -0.05) is 20.8 Å². The summed E-state index contributed by atoms with van der Waals surface area (Å²) in [4.78, 5) is 22.2. The standard InChI is InChI=1S/C21H26N4OS/c1-21(2,3)19-12-16(25(4)24-19)11-17(26)13-20-23-14-18(27-20)6-5-15-7-9-22-10-8-15/h7-10,12,14H,5-6,11,13H2,1-4H3. The van der Waals surface area contributed by atoms with Crippen LogP contribution in [0.1, 0.15) is 47.6 Å². The molecule has 3 heterocycles. The van der Waals surface area contributed by atoms with E-state index in [-0.39, 0.29) is 11.2 Å². The highest BCUT2D eigenvalue weighted by atomic mass is 32.1. The van der Waals surface area contributed by atoms with Crippen molar-refractivity contribution in [3.8, 4) is 0 Å². The van der Waals surface area contributed by atoms with E-state index in [1.165, 1.54) is 10.4 Å². The van der Waals surface area contributed by atoms with E-state index >= 15 is 0 Å². The first-order valence-electron chi connectivity index (χ1n) is 9.19. The van der Waals surface area contributed by atoms with Crippen molar-refractivity contribution < 1.29 is 4.79 Å². The zero-order chi connectivity index (χ0) is 19.4. The second kappa shape index (κ2) is 8.13. The summed E-state index contributed by atoms with van der Waals surface area (Å²) >= 11 is 1.63. The maximum absolute atomic E-state index is 12.5. The van der Waals surface area contributed by atoms with E-state index < -0.39 is 0 Å². The van der Waals surface area contributed by atoms with Crippen molar-refractivity contribution in [2.75, 3.05) is 0 Å². The molecule has 0 aromatic carbocycles. The van der Waals surface area contributed by atoms with E-state index in [2.05, 4.69) is 35.8 Å². The fraction of sp³-hybridized carbons (Fsp3) is 0.429. The SMILES string of the molecule is Cn1nc(C(C)(C)C)cc1CC(=O)Cc1ncc(CCc2ccncc2)s1. The second-order valence-corrected chi connectivity index (χ2v) is 9.06. The summed E-state index contributed by atoms with van der Waals surface area (Å²) in [6, 6.07) is 6.11. The lowest BCUT2D eigenvalue weighted by atomic mass is 9.92. The number of hydrogen-bond acceptors (Lipinski definition) is 5. The van der Waals surface area contributed by atoms with Gasteiger partial charge in [-0.25, -0.2) is 4.98 Å². The molecule has 0 radical (unpaired) electrons. The zero-order valence-corrected chi connectivity index (χ0v) is 17.2. The van der Waals surface area contributed by atoms with Gasteiger partial charge in [-0.15, -0.1) is 11.3 Å². The molecule has 142 valence electrons. The summed E-state index contributed by atoms with van der Waals surface area (Å²) in [5.41, 5.74) is 3.22. The molecule has 0 saturated carbocycles. The Morgan fingerprint density at radius 1 is 1.15 bits per heavy atom. The number of aryl methyl sites for hydroxylation is 3. The molecule has 0 saturated heterocycles. The molecular formula is C21H26N4OS. The van der Waals surface area contributed by atoms with Crippen LogP contribution < -0.4 is 0 Å². The molecule has 27 heavy (non-hydrogen) atoms. The summed E-state index contributed by atoms with van der Waals surface area (Å²) in [5, 5.41) is 5.44. The van der Waals surface area contributed by atoms with Crippen LogP contribution >= 0.6 is 11.3 Å². The average Bonchev–Trinajstić information content (AvgIpc) is 3.20. The van der Waals surface area contributed by atoms with Crippen molar-refractivity contribution in [1.29, 1.82) is 0 Å². The Balaban J connectivity index is 1.56. The Kier molecular flexibility index (Phi) is 5.85. The Labute approximate surface area is 164 Å². The lowest BCUT2D eigenvalue weighted by Crippen LogP contribution is -2.12. The molecule has 0 unspecified atom stereocenters. The van der Waals surface area contributed by atoms with Crippen LogP contribution in [0.3, 0.4) is 0 Å². The molecule has 3 aromatic rings.